The van der Waals surface area contributed by atoms with Crippen LogP contribution in [0.4, 0.5) is 11.5 Å². The highest BCUT2D eigenvalue weighted by molar-refractivity contribution is 5.95. The summed E-state index contributed by atoms with van der Waals surface area (Å²) in [6.07, 6.45) is 3.28. The van der Waals surface area contributed by atoms with Crippen LogP contribution < -0.4 is 10.4 Å². The van der Waals surface area contributed by atoms with Crippen LogP contribution in [0.2, 0.25) is 0 Å². The molecule has 2 aromatic carbocycles. The number of aromatic nitrogens is 2. The first-order valence-electron chi connectivity index (χ1n) is 7.56. The van der Waals surface area contributed by atoms with Crippen LogP contribution in [0.5, 0.6) is 0 Å². The highest BCUT2D eigenvalue weighted by Crippen LogP contribution is 2.29. The van der Waals surface area contributed by atoms with Crippen LogP contribution in [0.1, 0.15) is 13.8 Å². The van der Waals surface area contributed by atoms with E-state index in [1.165, 1.54) is 4.57 Å². The van der Waals surface area contributed by atoms with Crippen LogP contribution in [-0.2, 0) is 0 Å². The summed E-state index contributed by atoms with van der Waals surface area (Å²) in [5.41, 5.74) is 1.24. The predicted molar refractivity (Wildman–Crippen MR) is 93.5 cm³/mol. The minimum absolute atomic E-state index is 0.217. The van der Waals surface area contributed by atoms with Gasteiger partial charge >= 0.3 is 0 Å². The van der Waals surface area contributed by atoms with Gasteiger partial charge in [-0.15, -0.1) is 0 Å². The van der Waals surface area contributed by atoms with E-state index in [-0.39, 0.29) is 5.49 Å². The molecule has 0 saturated carbocycles. The molecule has 0 saturated heterocycles. The average Bonchev–Trinajstić information content (AvgIpc) is 2.57. The zero-order valence-corrected chi connectivity index (χ0v) is 13.2. The molecule has 0 fully saturated rings. The molecule has 116 valence electrons. The number of rotatable bonds is 3. The summed E-state index contributed by atoms with van der Waals surface area (Å²) in [6.45, 7) is 4.39. The molecule has 3 aromatic rings. The van der Waals surface area contributed by atoms with E-state index in [1.54, 1.807) is 19.3 Å². The molecule has 0 bridgehead atoms. The van der Waals surface area contributed by atoms with Crippen molar-refractivity contribution < 1.29 is 0 Å². The number of hydrogen-bond acceptors (Lipinski definition) is 4. The molecule has 0 radical (unpaired) electrons. The van der Waals surface area contributed by atoms with Gasteiger partial charge in [-0.25, -0.2) is 4.98 Å². The molecule has 1 heterocycles. The molecule has 0 unspecified atom stereocenters. The number of benzene rings is 2. The minimum atomic E-state index is 0.217. The molecule has 1 aromatic heterocycles. The zero-order valence-electron chi connectivity index (χ0n) is 13.2. The van der Waals surface area contributed by atoms with Gasteiger partial charge < -0.3 is 4.90 Å². The fourth-order valence-corrected chi connectivity index (χ4v) is 2.77. The van der Waals surface area contributed by atoms with Gasteiger partial charge in [0, 0.05) is 24.3 Å². The molecule has 3 rings (SSSR count). The van der Waals surface area contributed by atoms with E-state index in [1.807, 2.05) is 36.1 Å². The molecule has 2 N–H and O–H groups in total. The first-order chi connectivity index (χ1) is 11.1. The number of fused-ring (bicyclic) bond motifs is 1. The van der Waals surface area contributed by atoms with Crippen molar-refractivity contribution >= 4 is 28.1 Å². The molecule has 5 nitrogen and oxygen atoms in total. The number of hydrogen-bond donors (Lipinski definition) is 2. The Morgan fingerprint density at radius 3 is 2.65 bits per heavy atom. The van der Waals surface area contributed by atoms with Gasteiger partial charge in [0.25, 0.3) is 0 Å². The maximum atomic E-state index is 8.39. The number of nitrogens with zero attached hydrogens (tertiary/aromatic N) is 3. The highest BCUT2D eigenvalue weighted by atomic mass is 15.2. The van der Waals surface area contributed by atoms with Crippen LogP contribution in [0.25, 0.3) is 10.8 Å². The van der Waals surface area contributed by atoms with Gasteiger partial charge in [-0.1, -0.05) is 36.4 Å². The molecule has 0 aliphatic heterocycles. The van der Waals surface area contributed by atoms with Crippen LogP contribution in [0.3, 0.4) is 0 Å². The van der Waals surface area contributed by atoms with E-state index in [4.69, 9.17) is 10.8 Å². The lowest BCUT2D eigenvalue weighted by Gasteiger charge is -2.24. The summed E-state index contributed by atoms with van der Waals surface area (Å²) in [4.78, 5) is 6.41. The van der Waals surface area contributed by atoms with E-state index in [9.17, 15) is 0 Å². The van der Waals surface area contributed by atoms with Crippen molar-refractivity contribution in [1.29, 1.82) is 10.8 Å². The maximum Gasteiger partial charge on any atom is 0.176 e. The Balaban J connectivity index is 2.23. The van der Waals surface area contributed by atoms with Crippen molar-refractivity contribution in [3.8, 4) is 0 Å². The summed E-state index contributed by atoms with van der Waals surface area (Å²) in [5, 5.41) is 18.5. The van der Waals surface area contributed by atoms with Crippen LogP contribution in [0, 0.1) is 10.8 Å². The van der Waals surface area contributed by atoms with E-state index in [0.29, 0.717) is 18.2 Å². The van der Waals surface area contributed by atoms with Crippen LogP contribution in [0.15, 0.2) is 54.9 Å². The third kappa shape index (κ3) is 2.61. The second-order valence-electron chi connectivity index (χ2n) is 5.30. The first kappa shape index (κ1) is 15.0. The van der Waals surface area contributed by atoms with Crippen molar-refractivity contribution in [3.05, 3.63) is 60.3 Å². The quantitative estimate of drug-likeness (QED) is 0.574. The van der Waals surface area contributed by atoms with Crippen molar-refractivity contribution in [1.82, 2.24) is 9.55 Å². The number of nitrogens with one attached hydrogen (secondary N) is 2. The second kappa shape index (κ2) is 6.04. The highest BCUT2D eigenvalue weighted by Gasteiger charge is 2.15. The van der Waals surface area contributed by atoms with Gasteiger partial charge in [0.2, 0.25) is 0 Å². The van der Waals surface area contributed by atoms with Crippen molar-refractivity contribution in [2.45, 2.75) is 13.8 Å². The molecule has 23 heavy (non-hydrogen) atoms. The Bertz CT molecular complexity index is 921. The standard InChI is InChI=1S/C18H19N5/c1-3-22(18-17(20)23(13(2)19)12-11-21-18)16-10-6-8-14-7-4-5-9-15(14)16/h4-12,19-20H,3H2,1-2H3. The molecular formula is C18H19N5. The molecule has 0 spiro atoms. The Morgan fingerprint density at radius 1 is 1.17 bits per heavy atom. The van der Waals surface area contributed by atoms with E-state index in [0.717, 1.165) is 16.5 Å². The molecular weight excluding hydrogens is 286 g/mol. The fourth-order valence-electron chi connectivity index (χ4n) is 2.77. The van der Waals surface area contributed by atoms with Gasteiger partial charge in [-0.05, 0) is 25.3 Å². The molecule has 0 aliphatic rings. The van der Waals surface area contributed by atoms with Gasteiger partial charge in [0.15, 0.2) is 11.3 Å². The van der Waals surface area contributed by atoms with E-state index in [2.05, 4.69) is 23.2 Å². The summed E-state index contributed by atoms with van der Waals surface area (Å²) in [5.74, 6) is 0.852. The molecule has 0 amide bonds. The topological polar surface area (TPSA) is 68.8 Å². The van der Waals surface area contributed by atoms with Crippen LogP contribution >= 0.6 is 0 Å². The Kier molecular flexibility index (Phi) is 3.93. The smallest absolute Gasteiger partial charge is 0.176 e. The van der Waals surface area contributed by atoms with E-state index < -0.39 is 0 Å². The molecule has 0 atom stereocenters. The lowest BCUT2D eigenvalue weighted by atomic mass is 10.1. The maximum absolute atomic E-state index is 8.39. The minimum Gasteiger partial charge on any atom is -0.323 e. The third-order valence-corrected chi connectivity index (χ3v) is 3.86. The lowest BCUT2D eigenvalue weighted by Crippen LogP contribution is -2.32. The van der Waals surface area contributed by atoms with Gasteiger partial charge in [-0.3, -0.25) is 15.4 Å². The average molecular weight is 305 g/mol. The first-order valence-corrected chi connectivity index (χ1v) is 7.56. The molecule has 0 aliphatic carbocycles. The summed E-state index contributed by atoms with van der Waals surface area (Å²) in [6, 6.07) is 14.3. The Morgan fingerprint density at radius 2 is 1.91 bits per heavy atom. The monoisotopic (exact) mass is 305 g/mol. The predicted octanol–water partition coefficient (Wildman–Crippen LogP) is 3.52. The SMILES string of the molecule is CCN(c1nccn(C(C)=N)c1=N)c1cccc2ccccc12. The van der Waals surface area contributed by atoms with Gasteiger partial charge in [0.05, 0.1) is 5.69 Å². The third-order valence-electron chi connectivity index (χ3n) is 3.86. The number of anilines is 2. The van der Waals surface area contributed by atoms with Crippen molar-refractivity contribution in [3.63, 3.8) is 0 Å². The molecule has 5 heteroatoms. The van der Waals surface area contributed by atoms with Crippen molar-refractivity contribution in [2.24, 2.45) is 0 Å². The normalized spacial score (nSPS) is 10.7. The summed E-state index contributed by atoms with van der Waals surface area (Å²) < 4.78 is 1.52. The Hall–Kier alpha value is -2.95. The van der Waals surface area contributed by atoms with Crippen LogP contribution in [-0.4, -0.2) is 21.9 Å². The lowest BCUT2D eigenvalue weighted by molar-refractivity contribution is 0.881. The second-order valence-corrected chi connectivity index (χ2v) is 5.30. The van der Waals surface area contributed by atoms with Crippen molar-refractivity contribution in [2.75, 3.05) is 11.4 Å². The fraction of sp³-hybridized carbons (Fsp3) is 0.167. The summed E-state index contributed by atoms with van der Waals surface area (Å²) >= 11 is 0. The zero-order chi connectivity index (χ0) is 16.4. The van der Waals surface area contributed by atoms with E-state index >= 15 is 0 Å². The Labute approximate surface area is 134 Å². The van der Waals surface area contributed by atoms with Gasteiger partial charge in [0.1, 0.15) is 5.84 Å². The summed E-state index contributed by atoms with van der Waals surface area (Å²) in [7, 11) is 0. The van der Waals surface area contributed by atoms with Gasteiger partial charge in [-0.2, -0.15) is 0 Å². The largest absolute Gasteiger partial charge is 0.323 e.